The molecule has 0 saturated carbocycles. The Balaban J connectivity index is 0.961. The molecule has 0 unspecified atom stereocenters. The summed E-state index contributed by atoms with van der Waals surface area (Å²) in [6, 6.07) is 67.6. The minimum Gasteiger partial charge on any atom is -0.449 e. The van der Waals surface area contributed by atoms with Gasteiger partial charge in [-0.05, 0) is 62.7 Å². The van der Waals surface area contributed by atoms with E-state index in [1.165, 1.54) is 27.8 Å². The summed E-state index contributed by atoms with van der Waals surface area (Å²) in [4.78, 5) is 10.3. The molecule has 4 nitrogen and oxygen atoms in total. The van der Waals surface area contributed by atoms with Gasteiger partial charge >= 0.3 is 0 Å². The SMILES string of the molecule is CC1(C)c2ccccc2-c2c1ccc1c2Oc2c(cccc2-c2ccc(-c3nc(-c4ccc(-c5ccccc5)cc4)cc(-c4ccc(-c5ccccc5)cc4)n3)cc2)O1. The first-order valence-corrected chi connectivity index (χ1v) is 20.1. The summed E-state index contributed by atoms with van der Waals surface area (Å²) in [5.41, 5.74) is 16.0. The van der Waals surface area contributed by atoms with Crippen molar-refractivity contribution in [2.75, 3.05) is 0 Å². The van der Waals surface area contributed by atoms with Gasteiger partial charge in [-0.1, -0.05) is 190 Å². The van der Waals surface area contributed by atoms with Crippen LogP contribution in [0.1, 0.15) is 25.0 Å². The first kappa shape index (κ1) is 34.7. The van der Waals surface area contributed by atoms with E-state index in [9.17, 15) is 0 Å². The van der Waals surface area contributed by atoms with Crippen molar-refractivity contribution < 1.29 is 9.47 Å². The lowest BCUT2D eigenvalue weighted by Gasteiger charge is -2.26. The molecule has 0 amide bonds. The van der Waals surface area contributed by atoms with Crippen LogP contribution in [-0.2, 0) is 5.41 Å². The Kier molecular flexibility index (Phi) is 8.12. The zero-order valence-electron chi connectivity index (χ0n) is 32.7. The molecule has 11 rings (SSSR count). The van der Waals surface area contributed by atoms with Gasteiger partial charge in [0.1, 0.15) is 0 Å². The first-order valence-electron chi connectivity index (χ1n) is 20.1. The Morgan fingerprint density at radius 1 is 0.356 bits per heavy atom. The highest BCUT2D eigenvalue weighted by Crippen LogP contribution is 2.59. The second kappa shape index (κ2) is 13.8. The number of ether oxygens (including phenoxy) is 2. The summed E-state index contributed by atoms with van der Waals surface area (Å²) in [6.07, 6.45) is 0. The molecule has 0 saturated heterocycles. The van der Waals surface area contributed by atoms with Gasteiger partial charge in [0.2, 0.25) is 0 Å². The minimum absolute atomic E-state index is 0.142. The molecule has 9 aromatic rings. The fraction of sp³-hybridized carbons (Fsp3) is 0.0545. The van der Waals surface area contributed by atoms with E-state index >= 15 is 0 Å². The quantitative estimate of drug-likeness (QED) is 0.169. The Labute approximate surface area is 344 Å². The third-order valence-electron chi connectivity index (χ3n) is 11.8. The molecule has 1 aromatic heterocycles. The van der Waals surface area contributed by atoms with Gasteiger partial charge in [-0.2, -0.15) is 0 Å². The maximum atomic E-state index is 6.92. The van der Waals surface area contributed by atoms with Crippen LogP contribution >= 0.6 is 0 Å². The van der Waals surface area contributed by atoms with E-state index in [1.54, 1.807) is 0 Å². The fourth-order valence-electron chi connectivity index (χ4n) is 8.67. The molecule has 1 aliphatic carbocycles. The summed E-state index contributed by atoms with van der Waals surface area (Å²) >= 11 is 0. The van der Waals surface area contributed by atoms with Crippen molar-refractivity contribution in [3.05, 3.63) is 205 Å². The summed E-state index contributed by atoms with van der Waals surface area (Å²) in [6.45, 7) is 4.56. The average molecular weight is 759 g/mol. The van der Waals surface area contributed by atoms with Gasteiger partial charge in [0, 0.05) is 33.2 Å². The lowest BCUT2D eigenvalue weighted by Crippen LogP contribution is -2.15. The average Bonchev–Trinajstić information content (AvgIpc) is 3.54. The molecule has 8 aromatic carbocycles. The van der Waals surface area contributed by atoms with Crippen LogP contribution in [0.25, 0.3) is 78.4 Å². The molecule has 280 valence electrons. The number of hydrogen-bond acceptors (Lipinski definition) is 4. The topological polar surface area (TPSA) is 44.2 Å². The van der Waals surface area contributed by atoms with Crippen LogP contribution in [0, 0.1) is 0 Å². The van der Waals surface area contributed by atoms with Crippen molar-refractivity contribution in [1.82, 2.24) is 9.97 Å². The molecule has 0 fully saturated rings. The van der Waals surface area contributed by atoms with Gasteiger partial charge < -0.3 is 9.47 Å². The molecule has 0 atom stereocenters. The molecule has 0 spiro atoms. The Morgan fingerprint density at radius 2 is 0.847 bits per heavy atom. The maximum absolute atomic E-state index is 6.92. The number of para-hydroxylation sites is 1. The Morgan fingerprint density at radius 3 is 1.47 bits per heavy atom. The van der Waals surface area contributed by atoms with E-state index in [1.807, 2.05) is 30.3 Å². The van der Waals surface area contributed by atoms with Crippen molar-refractivity contribution in [3.8, 4) is 101 Å². The summed E-state index contributed by atoms with van der Waals surface area (Å²) in [5, 5.41) is 0. The Bertz CT molecular complexity index is 2930. The van der Waals surface area contributed by atoms with Crippen LogP contribution in [-0.4, -0.2) is 9.97 Å². The summed E-state index contributed by atoms with van der Waals surface area (Å²) in [7, 11) is 0. The molecular formula is C55H38N2O2. The third-order valence-corrected chi connectivity index (χ3v) is 11.8. The van der Waals surface area contributed by atoms with E-state index in [-0.39, 0.29) is 5.41 Å². The van der Waals surface area contributed by atoms with Crippen molar-refractivity contribution in [2.24, 2.45) is 0 Å². The molecule has 0 radical (unpaired) electrons. The predicted octanol–water partition coefficient (Wildman–Crippen LogP) is 14.7. The van der Waals surface area contributed by atoms with E-state index in [0.29, 0.717) is 17.3 Å². The number of hydrogen-bond donors (Lipinski definition) is 0. The monoisotopic (exact) mass is 758 g/mol. The molecule has 2 heterocycles. The highest BCUT2D eigenvalue weighted by Gasteiger charge is 2.39. The largest absolute Gasteiger partial charge is 0.449 e. The van der Waals surface area contributed by atoms with Gasteiger partial charge in [-0.25, -0.2) is 9.97 Å². The minimum atomic E-state index is -0.142. The summed E-state index contributed by atoms with van der Waals surface area (Å²) in [5.74, 6) is 3.56. The van der Waals surface area contributed by atoms with Crippen LogP contribution in [0.15, 0.2) is 194 Å². The highest BCUT2D eigenvalue weighted by atomic mass is 16.6. The smallest absolute Gasteiger partial charge is 0.178 e. The van der Waals surface area contributed by atoms with Gasteiger partial charge in [-0.15, -0.1) is 0 Å². The number of rotatable bonds is 6. The maximum Gasteiger partial charge on any atom is 0.178 e. The first-order chi connectivity index (χ1) is 29.0. The number of nitrogens with zero attached hydrogens (tertiary/aromatic N) is 2. The second-order valence-corrected chi connectivity index (χ2v) is 15.7. The van der Waals surface area contributed by atoms with Gasteiger partial charge in [0.15, 0.2) is 28.8 Å². The van der Waals surface area contributed by atoms with E-state index in [2.05, 4.69) is 178 Å². The Hall–Kier alpha value is -7.56. The van der Waals surface area contributed by atoms with Crippen molar-refractivity contribution >= 4 is 0 Å². The van der Waals surface area contributed by atoms with Crippen LogP contribution < -0.4 is 9.47 Å². The van der Waals surface area contributed by atoms with Crippen molar-refractivity contribution in [3.63, 3.8) is 0 Å². The second-order valence-electron chi connectivity index (χ2n) is 15.7. The standard InChI is InChI=1S/C55H38N2O2/c1-55(2)45-18-10-9-16-44(45)51-46(55)32-33-50-53(51)59-52-43(17-11-19-49(52)58-50)39-24-30-42(31-25-39)54-56-47(40-26-20-37(21-27-40)35-12-5-3-6-13-35)34-48(57-54)41-28-22-38(23-29-41)36-14-7-4-8-15-36/h3-34H,1-2H3. The molecule has 59 heavy (non-hydrogen) atoms. The lowest BCUT2D eigenvalue weighted by molar-refractivity contribution is 0.361. The zero-order chi connectivity index (χ0) is 39.5. The lowest BCUT2D eigenvalue weighted by atomic mass is 9.82. The zero-order valence-corrected chi connectivity index (χ0v) is 32.7. The van der Waals surface area contributed by atoms with Gasteiger partial charge in [0.05, 0.1) is 11.4 Å². The van der Waals surface area contributed by atoms with Crippen LogP contribution in [0.3, 0.4) is 0 Å². The van der Waals surface area contributed by atoms with Crippen molar-refractivity contribution in [2.45, 2.75) is 19.3 Å². The fourth-order valence-corrected chi connectivity index (χ4v) is 8.67. The third kappa shape index (κ3) is 6.00. The van der Waals surface area contributed by atoms with E-state index in [4.69, 9.17) is 19.4 Å². The molecule has 2 aliphatic rings. The molecule has 1 aliphatic heterocycles. The van der Waals surface area contributed by atoms with Crippen LogP contribution in [0.2, 0.25) is 0 Å². The molecule has 4 heteroatoms. The van der Waals surface area contributed by atoms with Gasteiger partial charge in [0.25, 0.3) is 0 Å². The van der Waals surface area contributed by atoms with E-state index < -0.39 is 0 Å². The predicted molar refractivity (Wildman–Crippen MR) is 239 cm³/mol. The molecule has 0 N–H and O–H groups in total. The molecule has 0 bridgehead atoms. The van der Waals surface area contributed by atoms with Crippen LogP contribution in [0.4, 0.5) is 0 Å². The van der Waals surface area contributed by atoms with Gasteiger partial charge in [-0.3, -0.25) is 0 Å². The number of aromatic nitrogens is 2. The van der Waals surface area contributed by atoms with E-state index in [0.717, 1.165) is 67.4 Å². The normalized spacial score (nSPS) is 13.0. The van der Waals surface area contributed by atoms with Crippen molar-refractivity contribution in [1.29, 1.82) is 0 Å². The summed E-state index contributed by atoms with van der Waals surface area (Å²) < 4.78 is 13.5. The molecular weight excluding hydrogens is 721 g/mol. The highest BCUT2D eigenvalue weighted by molar-refractivity contribution is 5.89. The number of benzene rings is 8. The van der Waals surface area contributed by atoms with Crippen LogP contribution in [0.5, 0.6) is 23.0 Å². The number of fused-ring (bicyclic) bond motifs is 6.